The Balaban J connectivity index is 1.07. The molecule has 1 saturated heterocycles. The number of aromatic amines is 1. The number of hydrogen-bond acceptors (Lipinski definition) is 6. The van der Waals surface area contributed by atoms with Crippen LogP contribution in [0.5, 0.6) is 0 Å². The van der Waals surface area contributed by atoms with E-state index in [1.807, 2.05) is 30.3 Å². The molecule has 3 aromatic carbocycles. The molecule has 8 nitrogen and oxygen atoms in total. The zero-order valence-corrected chi connectivity index (χ0v) is 23.7. The van der Waals surface area contributed by atoms with Crippen LogP contribution in [0.25, 0.3) is 10.9 Å². The van der Waals surface area contributed by atoms with Crippen molar-refractivity contribution in [2.24, 2.45) is 0 Å². The van der Waals surface area contributed by atoms with Gasteiger partial charge in [0.05, 0.1) is 23.0 Å². The Hall–Kier alpha value is -3.50. The number of piperazine rings is 1. The first kappa shape index (κ1) is 28.0. The summed E-state index contributed by atoms with van der Waals surface area (Å²) >= 11 is 11.5. The second-order valence-corrected chi connectivity index (χ2v) is 10.9. The minimum Gasteiger partial charge on any atom is -0.478 e. The van der Waals surface area contributed by atoms with Crippen molar-refractivity contribution >= 4 is 46.4 Å². The summed E-state index contributed by atoms with van der Waals surface area (Å²) < 4.78 is 1.76. The van der Waals surface area contributed by atoms with Crippen molar-refractivity contribution in [2.75, 3.05) is 44.2 Å². The molecule has 0 unspecified atom stereocenters. The second kappa shape index (κ2) is 12.8. The van der Waals surface area contributed by atoms with Crippen molar-refractivity contribution in [3.05, 3.63) is 104 Å². The maximum absolute atomic E-state index is 13.0. The summed E-state index contributed by atoms with van der Waals surface area (Å²) in [5.74, 6) is -1.05. The fourth-order valence-electron chi connectivity index (χ4n) is 5.04. The number of nitrogens with zero attached hydrogens (tertiary/aromatic N) is 3. The summed E-state index contributed by atoms with van der Waals surface area (Å²) in [6, 6.07) is 20.6. The summed E-state index contributed by atoms with van der Waals surface area (Å²) in [4.78, 5) is 32.2. The number of halogens is 1. The molecule has 5 rings (SSSR count). The third kappa shape index (κ3) is 6.79. The van der Waals surface area contributed by atoms with Crippen molar-refractivity contribution in [1.82, 2.24) is 19.8 Å². The van der Waals surface area contributed by atoms with Crippen molar-refractivity contribution in [3.8, 4) is 0 Å². The van der Waals surface area contributed by atoms with Crippen LogP contribution >= 0.6 is 23.8 Å². The van der Waals surface area contributed by atoms with Gasteiger partial charge in [0.15, 0.2) is 4.77 Å². The molecule has 1 aliphatic rings. The number of benzene rings is 3. The highest BCUT2D eigenvalue weighted by Gasteiger charge is 2.17. The van der Waals surface area contributed by atoms with Gasteiger partial charge in [-0.05, 0) is 79.3 Å². The summed E-state index contributed by atoms with van der Waals surface area (Å²) in [5, 5.41) is 13.9. The van der Waals surface area contributed by atoms with Crippen LogP contribution in [0, 0.1) is 4.77 Å². The molecular formula is C30H32ClN5O3S. The molecule has 0 spiro atoms. The van der Waals surface area contributed by atoms with E-state index in [1.165, 1.54) is 34.0 Å². The lowest BCUT2D eigenvalue weighted by Gasteiger charge is -2.36. The number of carboxylic acids is 1. The monoisotopic (exact) mass is 577 g/mol. The molecule has 0 atom stereocenters. The lowest BCUT2D eigenvalue weighted by atomic mass is 10.1. The number of anilines is 1. The standard InChI is InChI=1S/C30H32ClN5O3S/c31-24-3-1-4-25(18-24)35-15-13-34(14-16-35)12-2-11-32-19-21-5-7-22(8-6-21)20-36-28(37)26-10-9-23(29(38)39)17-27(26)33-30(36)40/h1,3-10,17-18,32H,2,11-16,19-20H2,(H,33,40)(H,38,39). The first-order valence-electron chi connectivity index (χ1n) is 13.4. The molecule has 1 fully saturated rings. The number of hydrogen-bond donors (Lipinski definition) is 3. The number of rotatable bonds is 10. The van der Waals surface area contributed by atoms with E-state index in [1.54, 1.807) is 0 Å². The molecule has 0 saturated carbocycles. The fraction of sp³-hybridized carbons (Fsp3) is 0.300. The molecule has 0 aliphatic carbocycles. The van der Waals surface area contributed by atoms with Gasteiger partial charge in [0, 0.05) is 43.4 Å². The molecule has 1 aromatic heterocycles. The highest BCUT2D eigenvalue weighted by atomic mass is 35.5. The fourth-order valence-corrected chi connectivity index (χ4v) is 5.48. The van der Waals surface area contributed by atoms with E-state index in [9.17, 15) is 14.7 Å². The van der Waals surface area contributed by atoms with Gasteiger partial charge in [0.25, 0.3) is 5.56 Å². The van der Waals surface area contributed by atoms with Crippen LogP contribution in [0.1, 0.15) is 27.9 Å². The number of H-pyrrole nitrogens is 1. The predicted octanol–water partition coefficient (Wildman–Crippen LogP) is 4.76. The van der Waals surface area contributed by atoms with Gasteiger partial charge >= 0.3 is 5.97 Å². The smallest absolute Gasteiger partial charge is 0.335 e. The number of fused-ring (bicyclic) bond motifs is 1. The average molecular weight is 578 g/mol. The van der Waals surface area contributed by atoms with Crippen molar-refractivity contribution < 1.29 is 9.90 Å². The quantitative estimate of drug-likeness (QED) is 0.185. The molecule has 1 aliphatic heterocycles. The predicted molar refractivity (Wildman–Crippen MR) is 162 cm³/mol. The van der Waals surface area contributed by atoms with E-state index in [2.05, 4.69) is 38.3 Å². The van der Waals surface area contributed by atoms with Crippen LogP contribution in [-0.2, 0) is 13.1 Å². The van der Waals surface area contributed by atoms with Crippen molar-refractivity contribution in [2.45, 2.75) is 19.5 Å². The van der Waals surface area contributed by atoms with Gasteiger partial charge < -0.3 is 20.3 Å². The zero-order chi connectivity index (χ0) is 28.1. The van der Waals surface area contributed by atoms with E-state index < -0.39 is 5.97 Å². The van der Waals surface area contributed by atoms with Gasteiger partial charge in [-0.15, -0.1) is 0 Å². The molecule has 3 N–H and O–H groups in total. The molecule has 4 aromatic rings. The molecule has 0 radical (unpaired) electrons. The molecule has 208 valence electrons. The minimum absolute atomic E-state index is 0.104. The van der Waals surface area contributed by atoms with E-state index in [-0.39, 0.29) is 15.9 Å². The SMILES string of the molecule is O=C(O)c1ccc2c(=O)n(Cc3ccc(CNCCCN4CCN(c5cccc(Cl)c5)CC4)cc3)c(=S)[nH]c2c1. The van der Waals surface area contributed by atoms with Crippen molar-refractivity contribution in [1.29, 1.82) is 0 Å². The third-order valence-corrected chi connectivity index (χ3v) is 7.85. The Morgan fingerprint density at radius 2 is 1.75 bits per heavy atom. The third-order valence-electron chi connectivity index (χ3n) is 7.30. The summed E-state index contributed by atoms with van der Waals surface area (Å²) in [5.41, 5.74) is 3.62. The first-order chi connectivity index (χ1) is 19.4. The minimum atomic E-state index is -1.05. The Kier molecular flexibility index (Phi) is 8.96. The lowest BCUT2D eigenvalue weighted by Crippen LogP contribution is -2.47. The van der Waals surface area contributed by atoms with Crippen LogP contribution in [-0.4, -0.2) is 64.8 Å². The number of carbonyl (C=O) groups is 1. The number of nitrogens with one attached hydrogen (secondary N) is 2. The number of aromatic carboxylic acids is 1. The second-order valence-electron chi connectivity index (χ2n) is 10.0. The Morgan fingerprint density at radius 1 is 1.00 bits per heavy atom. The van der Waals surface area contributed by atoms with Gasteiger partial charge in [-0.2, -0.15) is 0 Å². The van der Waals surface area contributed by atoms with Gasteiger partial charge in [-0.1, -0.05) is 41.9 Å². The average Bonchev–Trinajstić information content (AvgIpc) is 2.96. The van der Waals surface area contributed by atoms with E-state index in [4.69, 9.17) is 23.8 Å². The van der Waals surface area contributed by atoms with Gasteiger partial charge in [0.2, 0.25) is 0 Å². The maximum Gasteiger partial charge on any atom is 0.335 e. The Bertz CT molecular complexity index is 1610. The van der Waals surface area contributed by atoms with Crippen LogP contribution in [0.3, 0.4) is 0 Å². The summed E-state index contributed by atoms with van der Waals surface area (Å²) in [7, 11) is 0. The van der Waals surface area contributed by atoms with Crippen LogP contribution in [0.2, 0.25) is 5.02 Å². The first-order valence-corrected chi connectivity index (χ1v) is 14.2. The van der Waals surface area contributed by atoms with Gasteiger partial charge in [-0.3, -0.25) is 14.3 Å². The lowest BCUT2D eigenvalue weighted by molar-refractivity contribution is 0.0697. The van der Waals surface area contributed by atoms with Gasteiger partial charge in [0.1, 0.15) is 0 Å². The maximum atomic E-state index is 13.0. The van der Waals surface area contributed by atoms with Crippen LogP contribution in [0.15, 0.2) is 71.5 Å². The van der Waals surface area contributed by atoms with E-state index >= 15 is 0 Å². The topological polar surface area (TPSA) is 93.6 Å². The van der Waals surface area contributed by atoms with Crippen LogP contribution < -0.4 is 15.8 Å². The summed E-state index contributed by atoms with van der Waals surface area (Å²) in [6.45, 7) is 7.29. The molecule has 2 heterocycles. The molecule has 10 heteroatoms. The number of aromatic nitrogens is 2. The van der Waals surface area contributed by atoms with E-state index in [0.29, 0.717) is 17.4 Å². The normalized spacial score (nSPS) is 14.1. The zero-order valence-electron chi connectivity index (χ0n) is 22.1. The van der Waals surface area contributed by atoms with Crippen molar-refractivity contribution in [3.63, 3.8) is 0 Å². The highest BCUT2D eigenvalue weighted by molar-refractivity contribution is 7.71. The molecule has 40 heavy (non-hydrogen) atoms. The van der Waals surface area contributed by atoms with Gasteiger partial charge in [-0.25, -0.2) is 4.79 Å². The van der Waals surface area contributed by atoms with Crippen LogP contribution in [0.4, 0.5) is 5.69 Å². The largest absolute Gasteiger partial charge is 0.478 e. The summed E-state index contributed by atoms with van der Waals surface area (Å²) in [6.07, 6.45) is 1.09. The van der Waals surface area contributed by atoms with E-state index in [0.717, 1.165) is 62.8 Å². The Labute approximate surface area is 242 Å². The molecule has 0 bridgehead atoms. The number of carboxylic acid groups (broad SMARTS) is 1. The molecule has 0 amide bonds. The Morgan fingerprint density at radius 3 is 2.48 bits per heavy atom. The molecular weight excluding hydrogens is 546 g/mol. The highest BCUT2D eigenvalue weighted by Crippen LogP contribution is 2.21.